The van der Waals surface area contributed by atoms with Crippen molar-refractivity contribution >= 4 is 11.0 Å². The van der Waals surface area contributed by atoms with Gasteiger partial charge in [-0.05, 0) is 37.6 Å². The molecule has 4 heteroatoms. The van der Waals surface area contributed by atoms with E-state index in [1.807, 2.05) is 49.0 Å². The molecule has 1 aromatic carbocycles. The third-order valence-electron chi connectivity index (χ3n) is 2.78. The summed E-state index contributed by atoms with van der Waals surface area (Å²) >= 11 is 0. The molecule has 4 nitrogen and oxygen atoms in total. The van der Waals surface area contributed by atoms with Crippen LogP contribution in [0.25, 0.3) is 16.7 Å². The molecule has 0 aliphatic heterocycles. The number of benzene rings is 1. The maximum atomic E-state index is 4.35. The van der Waals surface area contributed by atoms with E-state index in [0.29, 0.717) is 0 Å². The number of para-hydroxylation sites is 1. The Labute approximate surface area is 98.9 Å². The molecule has 84 valence electrons. The van der Waals surface area contributed by atoms with Gasteiger partial charge in [-0.3, -0.25) is 4.98 Å². The summed E-state index contributed by atoms with van der Waals surface area (Å²) in [6.07, 6.45) is 1.86. The van der Waals surface area contributed by atoms with E-state index >= 15 is 0 Å². The Morgan fingerprint density at radius 2 is 1.94 bits per heavy atom. The fourth-order valence-electron chi connectivity index (χ4n) is 1.88. The van der Waals surface area contributed by atoms with Crippen molar-refractivity contribution in [3.05, 3.63) is 47.8 Å². The Hall–Kier alpha value is -2.23. The number of hydrogen-bond donors (Lipinski definition) is 0. The third-order valence-corrected chi connectivity index (χ3v) is 2.78. The maximum absolute atomic E-state index is 4.35. The Bertz CT molecular complexity index is 685. The SMILES string of the molecule is Cc1cnc(C)c(-n2nnc3ccccc32)c1. The molecule has 0 saturated heterocycles. The van der Waals surface area contributed by atoms with E-state index in [4.69, 9.17) is 0 Å². The van der Waals surface area contributed by atoms with Gasteiger partial charge in [0.1, 0.15) is 5.52 Å². The van der Waals surface area contributed by atoms with E-state index in [0.717, 1.165) is 28.0 Å². The number of aromatic nitrogens is 4. The van der Waals surface area contributed by atoms with Gasteiger partial charge in [-0.25, -0.2) is 4.68 Å². The van der Waals surface area contributed by atoms with Crippen LogP contribution >= 0.6 is 0 Å². The van der Waals surface area contributed by atoms with Crippen molar-refractivity contribution in [1.29, 1.82) is 0 Å². The van der Waals surface area contributed by atoms with Gasteiger partial charge in [-0.1, -0.05) is 17.3 Å². The average molecular weight is 224 g/mol. The monoisotopic (exact) mass is 224 g/mol. The molecule has 0 N–H and O–H groups in total. The molecule has 2 heterocycles. The predicted octanol–water partition coefficient (Wildman–Crippen LogP) is 2.43. The molecule has 17 heavy (non-hydrogen) atoms. The summed E-state index contributed by atoms with van der Waals surface area (Å²) in [7, 11) is 0. The van der Waals surface area contributed by atoms with Crippen molar-refractivity contribution in [3.63, 3.8) is 0 Å². The van der Waals surface area contributed by atoms with Gasteiger partial charge in [0.05, 0.1) is 16.9 Å². The van der Waals surface area contributed by atoms with Crippen molar-refractivity contribution in [1.82, 2.24) is 20.0 Å². The van der Waals surface area contributed by atoms with E-state index in [-0.39, 0.29) is 0 Å². The first kappa shape index (κ1) is 9.96. The lowest BCUT2D eigenvalue weighted by atomic mass is 10.2. The van der Waals surface area contributed by atoms with Gasteiger partial charge >= 0.3 is 0 Å². The number of hydrogen-bond acceptors (Lipinski definition) is 3. The van der Waals surface area contributed by atoms with Crippen molar-refractivity contribution in [2.75, 3.05) is 0 Å². The minimum absolute atomic E-state index is 0.897. The Kier molecular flexibility index (Phi) is 2.14. The van der Waals surface area contributed by atoms with Crippen molar-refractivity contribution in [2.24, 2.45) is 0 Å². The van der Waals surface area contributed by atoms with Crippen LogP contribution in [0.5, 0.6) is 0 Å². The van der Waals surface area contributed by atoms with Crippen LogP contribution in [0.15, 0.2) is 36.5 Å². The highest BCUT2D eigenvalue weighted by atomic mass is 15.4. The minimum Gasteiger partial charge on any atom is -0.259 e. The zero-order chi connectivity index (χ0) is 11.8. The smallest absolute Gasteiger partial charge is 0.113 e. The molecule has 3 rings (SSSR count). The second kappa shape index (κ2) is 3.66. The summed E-state index contributed by atoms with van der Waals surface area (Å²) < 4.78 is 1.84. The van der Waals surface area contributed by atoms with Crippen molar-refractivity contribution in [3.8, 4) is 5.69 Å². The lowest BCUT2D eigenvalue weighted by molar-refractivity contribution is 0.811. The molecule has 0 radical (unpaired) electrons. The Morgan fingerprint density at radius 1 is 1.12 bits per heavy atom. The molecular weight excluding hydrogens is 212 g/mol. The molecule has 0 saturated carbocycles. The summed E-state index contributed by atoms with van der Waals surface area (Å²) in [4.78, 5) is 4.35. The minimum atomic E-state index is 0.897. The first-order valence-electron chi connectivity index (χ1n) is 5.50. The van der Waals surface area contributed by atoms with Gasteiger partial charge in [0.25, 0.3) is 0 Å². The highest BCUT2D eigenvalue weighted by Gasteiger charge is 2.08. The molecule has 0 amide bonds. The Balaban J connectivity index is 2.31. The summed E-state index contributed by atoms with van der Waals surface area (Å²) in [6.45, 7) is 4.00. The van der Waals surface area contributed by atoms with Gasteiger partial charge in [-0.2, -0.15) is 0 Å². The van der Waals surface area contributed by atoms with E-state index in [1.165, 1.54) is 0 Å². The second-order valence-electron chi connectivity index (χ2n) is 4.11. The highest BCUT2D eigenvalue weighted by molar-refractivity contribution is 5.76. The molecular formula is C13H12N4. The lowest BCUT2D eigenvalue weighted by Crippen LogP contribution is -2.01. The highest BCUT2D eigenvalue weighted by Crippen LogP contribution is 2.18. The molecule has 0 bridgehead atoms. The van der Waals surface area contributed by atoms with E-state index in [1.54, 1.807) is 0 Å². The van der Waals surface area contributed by atoms with Gasteiger partial charge in [0.2, 0.25) is 0 Å². The molecule has 0 unspecified atom stereocenters. The molecule has 0 fully saturated rings. The quantitative estimate of drug-likeness (QED) is 0.637. The van der Waals surface area contributed by atoms with Gasteiger partial charge in [0.15, 0.2) is 0 Å². The molecule has 0 aliphatic carbocycles. The molecule has 3 aromatic rings. The normalized spacial score (nSPS) is 10.9. The van der Waals surface area contributed by atoms with Gasteiger partial charge in [0, 0.05) is 6.20 Å². The maximum Gasteiger partial charge on any atom is 0.113 e. The number of nitrogens with zero attached hydrogens (tertiary/aromatic N) is 4. The standard InChI is InChI=1S/C13H12N4/c1-9-7-13(10(2)14-8-9)17-12-6-4-3-5-11(12)15-16-17/h3-8H,1-2H3. The van der Waals surface area contributed by atoms with Crippen LogP contribution < -0.4 is 0 Å². The van der Waals surface area contributed by atoms with Gasteiger partial charge < -0.3 is 0 Å². The zero-order valence-electron chi connectivity index (χ0n) is 9.75. The van der Waals surface area contributed by atoms with E-state index in [9.17, 15) is 0 Å². The fourth-order valence-corrected chi connectivity index (χ4v) is 1.88. The van der Waals surface area contributed by atoms with Crippen LogP contribution in [0, 0.1) is 13.8 Å². The van der Waals surface area contributed by atoms with Crippen LogP contribution in [-0.4, -0.2) is 20.0 Å². The van der Waals surface area contributed by atoms with Crippen molar-refractivity contribution in [2.45, 2.75) is 13.8 Å². The summed E-state index contributed by atoms with van der Waals surface area (Å²) in [5, 5.41) is 8.35. The molecule has 0 aliphatic rings. The molecule has 0 atom stereocenters. The van der Waals surface area contributed by atoms with Crippen LogP contribution in [-0.2, 0) is 0 Å². The summed E-state index contributed by atoms with van der Waals surface area (Å²) in [5.41, 5.74) is 4.95. The largest absolute Gasteiger partial charge is 0.259 e. The second-order valence-corrected chi connectivity index (χ2v) is 4.11. The fraction of sp³-hybridized carbons (Fsp3) is 0.154. The Morgan fingerprint density at radius 3 is 2.82 bits per heavy atom. The number of fused-ring (bicyclic) bond motifs is 1. The molecule has 0 spiro atoms. The number of rotatable bonds is 1. The lowest BCUT2D eigenvalue weighted by Gasteiger charge is -2.06. The summed E-state index contributed by atoms with van der Waals surface area (Å²) in [5.74, 6) is 0. The van der Waals surface area contributed by atoms with Crippen LogP contribution in [0.2, 0.25) is 0 Å². The van der Waals surface area contributed by atoms with Crippen LogP contribution in [0.1, 0.15) is 11.3 Å². The first-order valence-corrected chi connectivity index (χ1v) is 5.50. The van der Waals surface area contributed by atoms with E-state index < -0.39 is 0 Å². The van der Waals surface area contributed by atoms with E-state index in [2.05, 4.69) is 21.4 Å². The third kappa shape index (κ3) is 1.58. The van der Waals surface area contributed by atoms with Crippen LogP contribution in [0.3, 0.4) is 0 Å². The van der Waals surface area contributed by atoms with Gasteiger partial charge in [-0.15, -0.1) is 5.10 Å². The average Bonchev–Trinajstić information content (AvgIpc) is 2.76. The number of pyridine rings is 1. The zero-order valence-corrected chi connectivity index (χ0v) is 9.75. The topological polar surface area (TPSA) is 43.6 Å². The molecule has 2 aromatic heterocycles. The first-order chi connectivity index (χ1) is 8.25. The summed E-state index contributed by atoms with van der Waals surface area (Å²) in [6, 6.07) is 9.99. The van der Waals surface area contributed by atoms with Crippen molar-refractivity contribution < 1.29 is 0 Å². The number of aryl methyl sites for hydroxylation is 2. The predicted molar refractivity (Wildman–Crippen MR) is 66.1 cm³/mol. The van der Waals surface area contributed by atoms with Crippen LogP contribution in [0.4, 0.5) is 0 Å².